The van der Waals surface area contributed by atoms with Gasteiger partial charge >= 0.3 is 0 Å². The second kappa shape index (κ2) is 3.41. The van der Waals surface area contributed by atoms with Gasteiger partial charge in [0.05, 0.1) is 5.23 Å². The van der Waals surface area contributed by atoms with Gasteiger partial charge in [-0.1, -0.05) is 65.8 Å². The monoisotopic (exact) mass is 238 g/mol. The summed E-state index contributed by atoms with van der Waals surface area (Å²) in [7, 11) is 0. The average Bonchev–Trinajstić information content (AvgIpc) is 3.07. The van der Waals surface area contributed by atoms with Crippen molar-refractivity contribution in [3.63, 3.8) is 0 Å². The first-order chi connectivity index (χ1) is 8.91. The molecule has 18 heavy (non-hydrogen) atoms. The normalized spacial score (nSPS) is 28.2. The molecule has 2 atom stereocenters. The van der Waals surface area contributed by atoms with E-state index in [2.05, 4.69) is 5.16 Å². The van der Waals surface area contributed by atoms with Gasteiger partial charge in [0.2, 0.25) is 0 Å². The number of nitrogens with zero attached hydrogens (tertiary/aromatic N) is 2. The molecule has 4 heteroatoms. The summed E-state index contributed by atoms with van der Waals surface area (Å²) in [5.41, 5.74) is 2.14. The molecule has 0 spiro atoms. The van der Waals surface area contributed by atoms with Gasteiger partial charge in [0, 0.05) is 11.1 Å². The van der Waals surface area contributed by atoms with E-state index in [1.165, 1.54) is 5.23 Å². The first kappa shape index (κ1) is 9.82. The molecule has 0 N–H and O–H groups in total. The van der Waals surface area contributed by atoms with Gasteiger partial charge < -0.3 is 0 Å². The number of benzene rings is 2. The number of oxime groups is 1. The summed E-state index contributed by atoms with van der Waals surface area (Å²) in [5, 5.41) is 5.52. The number of hydrogen-bond donors (Lipinski definition) is 0. The van der Waals surface area contributed by atoms with Crippen molar-refractivity contribution in [2.45, 2.75) is 5.72 Å². The number of rotatable bonds is 2. The van der Waals surface area contributed by atoms with E-state index in [4.69, 9.17) is 9.78 Å². The van der Waals surface area contributed by atoms with Crippen molar-refractivity contribution in [2.75, 3.05) is 0 Å². The van der Waals surface area contributed by atoms with Crippen LogP contribution in [-0.4, -0.2) is 10.9 Å². The van der Waals surface area contributed by atoms with Crippen molar-refractivity contribution < 1.29 is 9.78 Å². The number of hydrogen-bond acceptors (Lipinski definition) is 4. The van der Waals surface area contributed by atoms with Gasteiger partial charge in [-0.15, -0.1) is 0 Å². The molecule has 0 amide bonds. The Morgan fingerprint density at radius 1 is 0.889 bits per heavy atom. The molecule has 2 aromatic carbocycles. The van der Waals surface area contributed by atoms with E-state index >= 15 is 0 Å². The van der Waals surface area contributed by atoms with Crippen LogP contribution in [0, 0.1) is 0 Å². The van der Waals surface area contributed by atoms with Crippen LogP contribution in [0.4, 0.5) is 0 Å². The highest BCUT2D eigenvalue weighted by Gasteiger charge is 2.68. The van der Waals surface area contributed by atoms with Crippen LogP contribution in [0.3, 0.4) is 0 Å². The molecule has 1 saturated heterocycles. The molecule has 2 aliphatic rings. The topological polar surface area (TPSA) is 37.1 Å². The fraction of sp³-hybridized carbons (Fsp3) is 0.0714. The zero-order chi connectivity index (χ0) is 12.0. The van der Waals surface area contributed by atoms with E-state index in [9.17, 15) is 0 Å². The molecule has 0 aromatic heterocycles. The zero-order valence-electron chi connectivity index (χ0n) is 9.48. The van der Waals surface area contributed by atoms with Crippen LogP contribution in [0.25, 0.3) is 0 Å². The van der Waals surface area contributed by atoms with Gasteiger partial charge in [0.1, 0.15) is 5.71 Å². The van der Waals surface area contributed by atoms with Gasteiger partial charge in [0.15, 0.2) is 0 Å². The summed E-state index contributed by atoms with van der Waals surface area (Å²) in [6, 6.07) is 19.9. The second-order valence-electron chi connectivity index (χ2n) is 4.25. The summed E-state index contributed by atoms with van der Waals surface area (Å²) in [6.07, 6.45) is 0. The highest BCUT2D eigenvalue weighted by molar-refractivity contribution is 6.08. The summed E-state index contributed by atoms with van der Waals surface area (Å²) in [6.45, 7) is 0. The molecule has 88 valence electrons. The minimum absolute atomic E-state index is 0.664. The van der Waals surface area contributed by atoms with Crippen LogP contribution in [-0.2, 0) is 15.5 Å². The predicted octanol–water partition coefficient (Wildman–Crippen LogP) is 2.44. The largest absolute Gasteiger partial charge is 0.279 e. The molecule has 2 aromatic rings. The molecular weight excluding hydrogens is 228 g/mol. The first-order valence-corrected chi connectivity index (χ1v) is 5.77. The van der Waals surface area contributed by atoms with E-state index in [-0.39, 0.29) is 0 Å². The summed E-state index contributed by atoms with van der Waals surface area (Å²) >= 11 is 0. The lowest BCUT2D eigenvalue weighted by molar-refractivity contribution is -0.160. The van der Waals surface area contributed by atoms with E-state index in [1.807, 2.05) is 60.7 Å². The molecule has 0 aliphatic carbocycles. The second-order valence-corrected chi connectivity index (χ2v) is 4.25. The molecule has 4 nitrogen and oxygen atoms in total. The number of fused-ring (bicyclic) bond motifs is 1. The minimum atomic E-state index is -0.664. The Bertz CT molecular complexity index is 612. The summed E-state index contributed by atoms with van der Waals surface area (Å²) in [4.78, 5) is 10.7. The van der Waals surface area contributed by atoms with E-state index in [0.29, 0.717) is 0 Å². The zero-order valence-corrected chi connectivity index (χ0v) is 9.48. The molecule has 2 aliphatic heterocycles. The van der Waals surface area contributed by atoms with Crippen molar-refractivity contribution in [1.82, 2.24) is 5.23 Å². The minimum Gasteiger partial charge on any atom is -0.266 e. The van der Waals surface area contributed by atoms with Crippen molar-refractivity contribution in [3.05, 3.63) is 71.8 Å². The third kappa shape index (κ3) is 1.19. The van der Waals surface area contributed by atoms with E-state index in [0.717, 1.165) is 16.8 Å². The SMILES string of the molecule is c1ccc(C2=NON3OC23c2ccccc2)cc1. The Hall–Kier alpha value is -2.17. The van der Waals surface area contributed by atoms with Gasteiger partial charge in [-0.05, 0) is 0 Å². The lowest BCUT2D eigenvalue weighted by Gasteiger charge is -2.08. The Morgan fingerprint density at radius 3 is 2.22 bits per heavy atom. The van der Waals surface area contributed by atoms with Crippen LogP contribution in [0.2, 0.25) is 0 Å². The molecule has 0 saturated carbocycles. The fourth-order valence-corrected chi connectivity index (χ4v) is 2.25. The predicted molar refractivity (Wildman–Crippen MR) is 65.1 cm³/mol. The van der Waals surface area contributed by atoms with E-state index in [1.54, 1.807) is 0 Å². The van der Waals surface area contributed by atoms with Crippen molar-refractivity contribution >= 4 is 5.71 Å². The lowest BCUT2D eigenvalue weighted by Crippen LogP contribution is -2.23. The Kier molecular flexibility index (Phi) is 1.86. The quantitative estimate of drug-likeness (QED) is 0.754. The molecular formula is C14H10N2O2. The Balaban J connectivity index is 1.82. The smallest absolute Gasteiger partial charge is 0.266 e. The van der Waals surface area contributed by atoms with Gasteiger partial charge in [-0.25, -0.2) is 4.84 Å². The van der Waals surface area contributed by atoms with Crippen molar-refractivity contribution in [1.29, 1.82) is 0 Å². The highest BCUT2D eigenvalue weighted by atomic mass is 17.1. The van der Waals surface area contributed by atoms with Gasteiger partial charge in [-0.3, -0.25) is 4.94 Å². The van der Waals surface area contributed by atoms with Crippen LogP contribution < -0.4 is 0 Å². The van der Waals surface area contributed by atoms with Crippen molar-refractivity contribution in [2.24, 2.45) is 5.16 Å². The van der Waals surface area contributed by atoms with Crippen molar-refractivity contribution in [3.8, 4) is 0 Å². The highest BCUT2D eigenvalue weighted by Crippen LogP contribution is 2.51. The third-order valence-corrected chi connectivity index (χ3v) is 3.18. The van der Waals surface area contributed by atoms with Crippen LogP contribution in [0.1, 0.15) is 11.1 Å². The summed E-state index contributed by atoms with van der Waals surface area (Å²) < 4.78 is 0. The fourth-order valence-electron chi connectivity index (χ4n) is 2.25. The molecule has 0 bridgehead atoms. The van der Waals surface area contributed by atoms with Crippen LogP contribution in [0.5, 0.6) is 0 Å². The molecule has 0 radical (unpaired) electrons. The maximum atomic E-state index is 5.57. The van der Waals surface area contributed by atoms with Crippen LogP contribution >= 0.6 is 0 Å². The molecule has 4 rings (SSSR count). The van der Waals surface area contributed by atoms with E-state index < -0.39 is 5.72 Å². The maximum absolute atomic E-state index is 5.57. The molecule has 1 fully saturated rings. The molecule has 2 unspecified atom stereocenters. The maximum Gasteiger partial charge on any atom is 0.279 e. The number of hydroxylamine groups is 2. The van der Waals surface area contributed by atoms with Gasteiger partial charge in [-0.2, -0.15) is 0 Å². The first-order valence-electron chi connectivity index (χ1n) is 5.77. The van der Waals surface area contributed by atoms with Gasteiger partial charge in [0.25, 0.3) is 5.72 Å². The third-order valence-electron chi connectivity index (χ3n) is 3.18. The molecule has 2 heterocycles. The standard InChI is InChI=1S/C14H10N2O2/c1-3-7-11(8-4-1)13-14(16(17-14)18-15-13)12-9-5-2-6-10-12/h1-10H. The lowest BCUT2D eigenvalue weighted by atomic mass is 9.95. The Labute approximate surface area is 104 Å². The average molecular weight is 238 g/mol. The summed E-state index contributed by atoms with van der Waals surface area (Å²) in [5.74, 6) is 0. The Morgan fingerprint density at radius 2 is 1.56 bits per heavy atom. The van der Waals surface area contributed by atoms with Crippen LogP contribution in [0.15, 0.2) is 65.8 Å².